The minimum Gasteiger partial charge on any atom is -0.436 e. The molecule has 1 aliphatic rings. The molecule has 9 nitrogen and oxygen atoms in total. The van der Waals surface area contributed by atoms with Gasteiger partial charge in [0.15, 0.2) is 0 Å². The first-order chi connectivity index (χ1) is 11.4. The van der Waals surface area contributed by atoms with E-state index in [0.29, 0.717) is 13.1 Å². The third kappa shape index (κ3) is 2.01. The average Bonchev–Trinajstić information content (AvgIpc) is 3.13. The Morgan fingerprint density at radius 1 is 1.38 bits per heavy atom. The van der Waals surface area contributed by atoms with E-state index < -0.39 is 10.5 Å². The van der Waals surface area contributed by atoms with Gasteiger partial charge in [0.1, 0.15) is 11.8 Å². The van der Waals surface area contributed by atoms with Crippen molar-refractivity contribution >= 4 is 16.9 Å². The molecule has 0 fully saturated rings. The van der Waals surface area contributed by atoms with Crippen molar-refractivity contribution in [2.24, 2.45) is 7.05 Å². The summed E-state index contributed by atoms with van der Waals surface area (Å²) in [7, 11) is 1.73. The van der Waals surface area contributed by atoms with E-state index in [1.54, 1.807) is 20.7 Å². The van der Waals surface area contributed by atoms with E-state index in [2.05, 4.69) is 4.98 Å². The van der Waals surface area contributed by atoms with Crippen molar-refractivity contribution in [2.45, 2.75) is 25.6 Å². The number of fused-ring (bicyclic) bond motifs is 2. The number of aryl methyl sites for hydroxylation is 1. The molecule has 0 saturated carbocycles. The molecule has 1 unspecified atom stereocenters. The van der Waals surface area contributed by atoms with Gasteiger partial charge in [-0.25, -0.2) is 4.79 Å². The van der Waals surface area contributed by atoms with Gasteiger partial charge in [-0.2, -0.15) is 0 Å². The van der Waals surface area contributed by atoms with Gasteiger partial charge in [0.05, 0.1) is 24.1 Å². The number of rotatable bonds is 3. The minimum atomic E-state index is -0.703. The molecule has 4 rings (SSSR count). The zero-order chi connectivity index (χ0) is 17.1. The Morgan fingerprint density at radius 2 is 2.08 bits per heavy atom. The number of para-hydroxylation sites is 2. The fraction of sp³-hybridized carbons (Fsp3) is 0.333. The molecule has 0 aliphatic carbocycles. The molecule has 0 amide bonds. The van der Waals surface area contributed by atoms with E-state index in [4.69, 9.17) is 4.74 Å². The molecule has 0 saturated heterocycles. The lowest BCUT2D eigenvalue weighted by Gasteiger charge is -2.22. The summed E-state index contributed by atoms with van der Waals surface area (Å²) >= 11 is 0. The van der Waals surface area contributed by atoms with Crippen LogP contribution in [0.3, 0.4) is 0 Å². The van der Waals surface area contributed by atoms with Gasteiger partial charge >= 0.3 is 17.5 Å². The molecule has 3 heterocycles. The zero-order valence-corrected chi connectivity index (χ0v) is 13.2. The molecule has 0 N–H and O–H groups in total. The SMILES string of the molecule is Cn1c(=O)n(CC2(C)Cn3cc([N+](=O)[O-])nc3O2)c2ccccc21. The Morgan fingerprint density at radius 3 is 2.75 bits per heavy atom. The standard InChI is InChI=1S/C15H15N5O4/c1-15(8-18-7-12(20(22)23)16-13(18)24-15)9-19-11-6-4-3-5-10(11)17(2)14(19)21/h3-7H,8-9H2,1-2H3. The summed E-state index contributed by atoms with van der Waals surface area (Å²) in [6, 6.07) is 7.74. The van der Waals surface area contributed by atoms with Crippen LogP contribution in [0.15, 0.2) is 35.3 Å². The Labute approximate surface area is 135 Å². The summed E-state index contributed by atoms with van der Waals surface area (Å²) < 4.78 is 10.7. The Bertz CT molecular complexity index is 1000. The van der Waals surface area contributed by atoms with Crippen LogP contribution >= 0.6 is 0 Å². The smallest absolute Gasteiger partial charge is 0.415 e. The second-order valence-electron chi connectivity index (χ2n) is 6.24. The van der Waals surface area contributed by atoms with E-state index in [1.165, 1.54) is 6.20 Å². The van der Waals surface area contributed by atoms with Gasteiger partial charge in [-0.1, -0.05) is 12.1 Å². The monoisotopic (exact) mass is 329 g/mol. The molecule has 24 heavy (non-hydrogen) atoms. The fourth-order valence-electron chi connectivity index (χ4n) is 3.21. The normalized spacial score (nSPS) is 19.4. The zero-order valence-electron chi connectivity index (χ0n) is 13.2. The van der Waals surface area contributed by atoms with Crippen molar-refractivity contribution in [1.82, 2.24) is 18.7 Å². The van der Waals surface area contributed by atoms with Gasteiger partial charge < -0.3 is 14.9 Å². The summed E-state index contributed by atoms with van der Waals surface area (Å²) in [5.74, 6) is -0.241. The molecule has 0 spiro atoms. The molecule has 2 aromatic heterocycles. The Hall–Kier alpha value is -3.10. The molecule has 9 heteroatoms. The first kappa shape index (κ1) is 14.5. The number of nitro groups is 1. The van der Waals surface area contributed by atoms with Crippen molar-refractivity contribution in [1.29, 1.82) is 0 Å². The highest BCUT2D eigenvalue weighted by Crippen LogP contribution is 2.32. The number of hydrogen-bond donors (Lipinski definition) is 0. The average molecular weight is 329 g/mol. The maximum absolute atomic E-state index is 12.5. The molecule has 124 valence electrons. The van der Waals surface area contributed by atoms with Gasteiger partial charge in [0, 0.05) is 12.0 Å². The number of hydrogen-bond acceptors (Lipinski definition) is 5. The maximum atomic E-state index is 12.5. The Balaban J connectivity index is 1.69. The van der Waals surface area contributed by atoms with Crippen molar-refractivity contribution in [3.63, 3.8) is 0 Å². The van der Waals surface area contributed by atoms with Crippen molar-refractivity contribution in [2.75, 3.05) is 0 Å². The van der Waals surface area contributed by atoms with E-state index in [0.717, 1.165) is 11.0 Å². The molecule has 0 radical (unpaired) electrons. The number of ether oxygens (including phenoxy) is 1. The minimum absolute atomic E-state index is 0.128. The predicted octanol–water partition coefficient (Wildman–Crippen LogP) is 1.30. The quantitative estimate of drug-likeness (QED) is 0.533. The molecule has 1 aromatic carbocycles. The van der Waals surface area contributed by atoms with Crippen LogP contribution in [0.1, 0.15) is 6.92 Å². The van der Waals surface area contributed by atoms with Crippen LogP contribution in [0.4, 0.5) is 5.82 Å². The van der Waals surface area contributed by atoms with Crippen LogP contribution in [0.2, 0.25) is 0 Å². The second-order valence-corrected chi connectivity index (χ2v) is 6.24. The lowest BCUT2D eigenvalue weighted by Crippen LogP contribution is -2.40. The summed E-state index contributed by atoms with van der Waals surface area (Å²) in [6.45, 7) is 2.57. The second kappa shape index (κ2) is 4.70. The highest BCUT2D eigenvalue weighted by molar-refractivity contribution is 5.75. The van der Waals surface area contributed by atoms with Crippen LogP contribution in [0.5, 0.6) is 6.01 Å². The van der Waals surface area contributed by atoms with Gasteiger partial charge in [-0.15, -0.1) is 0 Å². The lowest BCUT2D eigenvalue weighted by atomic mass is 10.1. The molecule has 1 aliphatic heterocycles. The summed E-state index contributed by atoms with van der Waals surface area (Å²) in [5, 5.41) is 10.8. The van der Waals surface area contributed by atoms with Crippen LogP contribution in [-0.4, -0.2) is 29.2 Å². The Kier molecular flexibility index (Phi) is 2.84. The molecule has 0 bridgehead atoms. The fourth-order valence-corrected chi connectivity index (χ4v) is 3.21. The van der Waals surface area contributed by atoms with Crippen LogP contribution < -0.4 is 10.4 Å². The number of aromatic nitrogens is 4. The highest BCUT2D eigenvalue weighted by Gasteiger charge is 2.41. The summed E-state index contributed by atoms with van der Waals surface area (Å²) in [4.78, 5) is 26.6. The van der Waals surface area contributed by atoms with E-state index >= 15 is 0 Å². The van der Waals surface area contributed by atoms with Gasteiger partial charge in [0.2, 0.25) is 0 Å². The topological polar surface area (TPSA) is 97.1 Å². The maximum Gasteiger partial charge on any atom is 0.415 e. The van der Waals surface area contributed by atoms with Crippen LogP contribution in [-0.2, 0) is 20.1 Å². The molecule has 3 aromatic rings. The number of imidazole rings is 2. The third-order valence-electron chi connectivity index (χ3n) is 4.30. The lowest BCUT2D eigenvalue weighted by molar-refractivity contribution is -0.389. The summed E-state index contributed by atoms with van der Waals surface area (Å²) in [6.07, 6.45) is 1.35. The number of nitrogens with zero attached hydrogens (tertiary/aromatic N) is 5. The largest absolute Gasteiger partial charge is 0.436 e. The van der Waals surface area contributed by atoms with Crippen molar-refractivity contribution < 1.29 is 9.66 Å². The number of benzene rings is 1. The summed E-state index contributed by atoms with van der Waals surface area (Å²) in [5.41, 5.74) is 0.838. The molecular formula is C15H15N5O4. The molecular weight excluding hydrogens is 314 g/mol. The predicted molar refractivity (Wildman–Crippen MR) is 85.1 cm³/mol. The highest BCUT2D eigenvalue weighted by atomic mass is 16.6. The van der Waals surface area contributed by atoms with Crippen LogP contribution in [0.25, 0.3) is 11.0 Å². The first-order valence-corrected chi connectivity index (χ1v) is 7.43. The van der Waals surface area contributed by atoms with E-state index in [9.17, 15) is 14.9 Å². The van der Waals surface area contributed by atoms with Crippen LogP contribution in [0, 0.1) is 10.1 Å². The van der Waals surface area contributed by atoms with Crippen molar-refractivity contribution in [3.05, 3.63) is 51.1 Å². The third-order valence-corrected chi connectivity index (χ3v) is 4.30. The molecule has 1 atom stereocenters. The van der Waals surface area contributed by atoms with E-state index in [-0.39, 0.29) is 17.5 Å². The van der Waals surface area contributed by atoms with Gasteiger partial charge in [-0.05, 0) is 24.0 Å². The van der Waals surface area contributed by atoms with E-state index in [1.807, 2.05) is 31.2 Å². The van der Waals surface area contributed by atoms with Crippen molar-refractivity contribution in [3.8, 4) is 6.01 Å². The first-order valence-electron chi connectivity index (χ1n) is 7.43. The van der Waals surface area contributed by atoms with Gasteiger partial charge in [0.25, 0.3) is 0 Å². The van der Waals surface area contributed by atoms with Gasteiger partial charge in [-0.3, -0.25) is 13.7 Å².